The van der Waals surface area contributed by atoms with Gasteiger partial charge in [-0.25, -0.2) is 15.0 Å². The average molecular weight is 756 g/mol. The fraction of sp³-hybridized carbons (Fsp3) is 0.0727. The Bertz CT molecular complexity index is 3140. The van der Waals surface area contributed by atoms with E-state index in [2.05, 4.69) is 184 Å². The second-order valence-corrected chi connectivity index (χ2v) is 16.3. The predicted molar refractivity (Wildman–Crippen MR) is 237 cm³/mol. The summed E-state index contributed by atoms with van der Waals surface area (Å²) in [6.07, 6.45) is 0. The molecule has 59 heavy (non-hydrogen) atoms. The molecule has 1 aliphatic heterocycles. The second-order valence-electron chi connectivity index (χ2n) is 16.3. The van der Waals surface area contributed by atoms with Crippen molar-refractivity contribution in [1.29, 1.82) is 0 Å². The third-order valence-corrected chi connectivity index (χ3v) is 12.8. The van der Waals surface area contributed by atoms with Crippen LogP contribution >= 0.6 is 0 Å². The molecule has 0 saturated heterocycles. The Hall–Kier alpha value is -7.43. The van der Waals surface area contributed by atoms with Crippen LogP contribution in [0.2, 0.25) is 0 Å². The monoisotopic (exact) mass is 755 g/mol. The molecule has 4 nitrogen and oxygen atoms in total. The second kappa shape index (κ2) is 12.5. The van der Waals surface area contributed by atoms with Gasteiger partial charge in [0.2, 0.25) is 0 Å². The van der Waals surface area contributed by atoms with Gasteiger partial charge in [-0.1, -0.05) is 184 Å². The van der Waals surface area contributed by atoms with Crippen molar-refractivity contribution in [3.8, 4) is 79.0 Å². The Labute approximate surface area is 343 Å². The lowest BCUT2D eigenvalue weighted by Crippen LogP contribution is -2.32. The summed E-state index contributed by atoms with van der Waals surface area (Å²) >= 11 is 0. The van der Waals surface area contributed by atoms with Crippen LogP contribution in [0, 0.1) is 0 Å². The highest BCUT2D eigenvalue weighted by Gasteiger charge is 2.51. The van der Waals surface area contributed by atoms with E-state index in [0.717, 1.165) is 50.4 Å². The van der Waals surface area contributed by atoms with Crippen molar-refractivity contribution >= 4 is 0 Å². The third-order valence-electron chi connectivity index (χ3n) is 12.8. The van der Waals surface area contributed by atoms with E-state index in [1.54, 1.807) is 0 Å². The molecule has 0 N–H and O–H groups in total. The number of aromatic nitrogens is 3. The van der Waals surface area contributed by atoms with Gasteiger partial charge in [0.15, 0.2) is 17.5 Å². The Kier molecular flexibility index (Phi) is 7.16. The van der Waals surface area contributed by atoms with Crippen molar-refractivity contribution in [2.45, 2.75) is 24.7 Å². The van der Waals surface area contributed by atoms with E-state index in [4.69, 9.17) is 19.7 Å². The number of hydrogen-bond acceptors (Lipinski definition) is 4. The van der Waals surface area contributed by atoms with Crippen molar-refractivity contribution in [2.24, 2.45) is 0 Å². The smallest absolute Gasteiger partial charge is 0.164 e. The number of nitrogens with zero attached hydrogens (tertiary/aromatic N) is 3. The standard InChI is InChI=1S/C55H37N3O/c1-54(2)43-24-9-6-20-39(43)42-31-30-37(33-48(42)54)53-57-51(34-16-4-3-5-17-34)56-52(58-53)36-19-14-18-35(32-36)38-23-15-28-47-50(38)59-49-29-13-12-27-46(49)55(47)44-25-10-7-21-40(44)41-22-8-11-26-45(41)55/h3-33H,1-2H3. The molecule has 1 spiro atoms. The lowest BCUT2D eigenvalue weighted by atomic mass is 9.65. The first-order valence-corrected chi connectivity index (χ1v) is 20.3. The van der Waals surface area contributed by atoms with Crippen LogP contribution in [0.4, 0.5) is 0 Å². The van der Waals surface area contributed by atoms with Gasteiger partial charge in [-0.15, -0.1) is 0 Å². The number of fused-ring (bicyclic) bond motifs is 12. The molecule has 9 aromatic rings. The predicted octanol–water partition coefficient (Wildman–Crippen LogP) is 13.3. The Morgan fingerprint density at radius 1 is 0.339 bits per heavy atom. The summed E-state index contributed by atoms with van der Waals surface area (Å²) in [7, 11) is 0. The van der Waals surface area contributed by atoms with Crippen molar-refractivity contribution in [3.63, 3.8) is 0 Å². The van der Waals surface area contributed by atoms with Crippen LogP contribution in [0.15, 0.2) is 188 Å². The molecule has 0 fully saturated rings. The van der Waals surface area contributed by atoms with Gasteiger partial charge in [0.05, 0.1) is 5.41 Å². The zero-order valence-corrected chi connectivity index (χ0v) is 32.6. The van der Waals surface area contributed by atoms with Crippen LogP contribution in [0.3, 0.4) is 0 Å². The molecule has 0 unspecified atom stereocenters. The van der Waals surface area contributed by atoms with Crippen LogP contribution in [0.1, 0.15) is 47.2 Å². The molecule has 1 aromatic heterocycles. The number of para-hydroxylation sites is 2. The molecule has 8 aromatic carbocycles. The summed E-state index contributed by atoms with van der Waals surface area (Å²) in [5.41, 5.74) is 16.7. The zero-order chi connectivity index (χ0) is 39.3. The summed E-state index contributed by atoms with van der Waals surface area (Å²) in [6, 6.07) is 66.9. The highest BCUT2D eigenvalue weighted by atomic mass is 16.5. The van der Waals surface area contributed by atoms with E-state index in [1.165, 1.54) is 44.5 Å². The molecule has 2 heterocycles. The molecule has 0 amide bonds. The van der Waals surface area contributed by atoms with Crippen molar-refractivity contribution in [3.05, 3.63) is 221 Å². The molecule has 0 radical (unpaired) electrons. The summed E-state index contributed by atoms with van der Waals surface area (Å²) in [6.45, 7) is 4.61. The van der Waals surface area contributed by atoms with Gasteiger partial charge in [-0.3, -0.25) is 0 Å². The molecule has 278 valence electrons. The normalized spacial score (nSPS) is 14.3. The van der Waals surface area contributed by atoms with Gasteiger partial charge < -0.3 is 4.74 Å². The van der Waals surface area contributed by atoms with Crippen LogP contribution in [0.25, 0.3) is 67.5 Å². The largest absolute Gasteiger partial charge is 0.456 e. The van der Waals surface area contributed by atoms with E-state index in [1.807, 2.05) is 18.2 Å². The van der Waals surface area contributed by atoms with Gasteiger partial charge in [0, 0.05) is 38.8 Å². The van der Waals surface area contributed by atoms with Gasteiger partial charge in [-0.05, 0) is 68.3 Å². The number of hydrogen-bond donors (Lipinski definition) is 0. The summed E-state index contributed by atoms with van der Waals surface area (Å²) in [4.78, 5) is 15.5. The average Bonchev–Trinajstić information content (AvgIpc) is 3.72. The Morgan fingerprint density at radius 2 is 0.814 bits per heavy atom. The molecule has 12 rings (SSSR count). The SMILES string of the molecule is CC1(C)c2ccccc2-c2ccc(-c3nc(-c4ccccc4)nc(-c4cccc(-c5cccc6c5Oc5ccccc5C65c6ccccc6-c6ccccc65)c4)n3)cc21. The van der Waals surface area contributed by atoms with Gasteiger partial charge in [0.25, 0.3) is 0 Å². The topological polar surface area (TPSA) is 47.9 Å². The van der Waals surface area contributed by atoms with Crippen LogP contribution < -0.4 is 4.74 Å². The van der Waals surface area contributed by atoms with Gasteiger partial charge in [-0.2, -0.15) is 0 Å². The molecular formula is C55H37N3O. The molecular weight excluding hydrogens is 719 g/mol. The Balaban J connectivity index is 1.03. The highest BCUT2D eigenvalue weighted by Crippen LogP contribution is 2.63. The minimum Gasteiger partial charge on any atom is -0.456 e. The van der Waals surface area contributed by atoms with E-state index in [0.29, 0.717) is 17.5 Å². The third kappa shape index (κ3) is 4.80. The fourth-order valence-electron chi connectivity index (χ4n) is 10.1. The van der Waals surface area contributed by atoms with Gasteiger partial charge >= 0.3 is 0 Å². The van der Waals surface area contributed by atoms with Gasteiger partial charge in [0.1, 0.15) is 11.5 Å². The van der Waals surface area contributed by atoms with Crippen molar-refractivity contribution in [1.82, 2.24) is 15.0 Å². The molecule has 0 atom stereocenters. The highest BCUT2D eigenvalue weighted by molar-refractivity contribution is 5.91. The number of ether oxygens (including phenoxy) is 1. The first kappa shape index (κ1) is 33.7. The van der Waals surface area contributed by atoms with Crippen LogP contribution in [-0.4, -0.2) is 15.0 Å². The minimum atomic E-state index is -0.537. The zero-order valence-electron chi connectivity index (χ0n) is 32.6. The van der Waals surface area contributed by atoms with E-state index < -0.39 is 5.41 Å². The van der Waals surface area contributed by atoms with Crippen LogP contribution in [-0.2, 0) is 10.8 Å². The van der Waals surface area contributed by atoms with Crippen molar-refractivity contribution < 1.29 is 4.74 Å². The summed E-state index contributed by atoms with van der Waals surface area (Å²) in [5, 5.41) is 0. The fourth-order valence-corrected chi connectivity index (χ4v) is 10.1. The maximum Gasteiger partial charge on any atom is 0.164 e. The molecule has 0 saturated carbocycles. The lowest BCUT2D eigenvalue weighted by molar-refractivity contribution is 0.438. The number of rotatable bonds is 4. The van der Waals surface area contributed by atoms with E-state index in [-0.39, 0.29) is 5.41 Å². The first-order chi connectivity index (χ1) is 29.0. The van der Waals surface area contributed by atoms with Crippen LogP contribution in [0.5, 0.6) is 11.5 Å². The molecule has 3 aliphatic rings. The maximum absolute atomic E-state index is 7.01. The maximum atomic E-state index is 7.01. The first-order valence-electron chi connectivity index (χ1n) is 20.3. The quantitative estimate of drug-likeness (QED) is 0.179. The molecule has 2 aliphatic carbocycles. The number of benzene rings is 8. The van der Waals surface area contributed by atoms with E-state index >= 15 is 0 Å². The lowest BCUT2D eigenvalue weighted by Gasteiger charge is -2.40. The molecule has 0 bridgehead atoms. The molecule has 4 heteroatoms. The van der Waals surface area contributed by atoms with Crippen molar-refractivity contribution in [2.75, 3.05) is 0 Å². The summed E-state index contributed by atoms with van der Waals surface area (Å²) < 4.78 is 7.01. The minimum absolute atomic E-state index is 0.146. The van der Waals surface area contributed by atoms with E-state index in [9.17, 15) is 0 Å². The Morgan fingerprint density at radius 3 is 1.53 bits per heavy atom. The summed E-state index contributed by atoms with van der Waals surface area (Å²) in [5.74, 6) is 3.62.